The lowest BCUT2D eigenvalue weighted by atomic mass is 9.79. The van der Waals surface area contributed by atoms with Crippen molar-refractivity contribution in [1.29, 1.82) is 0 Å². The van der Waals surface area contributed by atoms with Gasteiger partial charge in [-0.15, -0.1) is 0 Å². The van der Waals surface area contributed by atoms with Crippen LogP contribution < -0.4 is 0 Å². The molecule has 1 aromatic heterocycles. The molecular formula is C21H28N4O2. The van der Waals surface area contributed by atoms with Crippen LogP contribution in [0.25, 0.3) is 0 Å². The maximum Gasteiger partial charge on any atom is 0.125 e. The molecule has 144 valence electrons. The minimum Gasteiger partial charge on any atom is -0.383 e. The molecule has 27 heavy (non-hydrogen) atoms. The Morgan fingerprint density at radius 3 is 2.52 bits per heavy atom. The molecule has 1 aromatic carbocycles. The third kappa shape index (κ3) is 4.04. The predicted octanol–water partition coefficient (Wildman–Crippen LogP) is 1.58. The van der Waals surface area contributed by atoms with E-state index in [1.54, 1.807) is 0 Å². The molecule has 0 amide bonds. The molecule has 0 bridgehead atoms. The van der Waals surface area contributed by atoms with Crippen molar-refractivity contribution < 1.29 is 9.84 Å². The molecule has 2 aliphatic rings. The van der Waals surface area contributed by atoms with E-state index in [-0.39, 0.29) is 6.04 Å². The van der Waals surface area contributed by atoms with Crippen LogP contribution in [0.1, 0.15) is 23.4 Å². The molecule has 2 fully saturated rings. The zero-order chi connectivity index (χ0) is 18.7. The number of aryl methyl sites for hydroxylation is 1. The van der Waals surface area contributed by atoms with E-state index in [1.165, 1.54) is 0 Å². The van der Waals surface area contributed by atoms with E-state index < -0.39 is 5.60 Å². The van der Waals surface area contributed by atoms with Gasteiger partial charge in [0.15, 0.2) is 0 Å². The molecule has 4 rings (SSSR count). The molecule has 0 saturated carbocycles. The van der Waals surface area contributed by atoms with Crippen LogP contribution in [0.15, 0.2) is 42.7 Å². The summed E-state index contributed by atoms with van der Waals surface area (Å²) in [4.78, 5) is 13.4. The smallest absolute Gasteiger partial charge is 0.125 e. The van der Waals surface area contributed by atoms with E-state index in [9.17, 15) is 5.11 Å². The first-order valence-electron chi connectivity index (χ1n) is 9.75. The molecule has 2 aliphatic heterocycles. The van der Waals surface area contributed by atoms with Crippen LogP contribution in [-0.2, 0) is 16.9 Å². The van der Waals surface area contributed by atoms with Gasteiger partial charge in [-0.3, -0.25) is 9.80 Å². The summed E-state index contributed by atoms with van der Waals surface area (Å²) in [5.74, 6) is 0.794. The van der Waals surface area contributed by atoms with Gasteiger partial charge in [-0.05, 0) is 18.9 Å². The van der Waals surface area contributed by atoms with Crippen LogP contribution in [0.5, 0.6) is 0 Å². The van der Waals surface area contributed by atoms with Crippen LogP contribution in [0.4, 0.5) is 0 Å². The number of aromatic nitrogens is 2. The Balaban J connectivity index is 1.56. The summed E-state index contributed by atoms with van der Waals surface area (Å²) in [5, 5.41) is 11.7. The molecule has 0 unspecified atom stereocenters. The third-order valence-electron chi connectivity index (χ3n) is 5.79. The van der Waals surface area contributed by atoms with Crippen LogP contribution in [-0.4, -0.2) is 70.3 Å². The van der Waals surface area contributed by atoms with Crippen LogP contribution in [0.3, 0.4) is 0 Å². The molecule has 6 heteroatoms. The quantitative estimate of drug-likeness (QED) is 0.884. The first-order valence-corrected chi connectivity index (χ1v) is 9.75. The van der Waals surface area contributed by atoms with Gasteiger partial charge in [0.05, 0.1) is 19.3 Å². The normalized spacial score (nSPS) is 27.6. The summed E-state index contributed by atoms with van der Waals surface area (Å²) < 4.78 is 5.54. The number of piperidine rings is 1. The zero-order valence-electron chi connectivity index (χ0n) is 15.9. The van der Waals surface area contributed by atoms with E-state index in [4.69, 9.17) is 4.74 Å². The summed E-state index contributed by atoms with van der Waals surface area (Å²) in [6.07, 6.45) is 4.53. The van der Waals surface area contributed by atoms with Gasteiger partial charge >= 0.3 is 0 Å². The zero-order valence-corrected chi connectivity index (χ0v) is 15.9. The van der Waals surface area contributed by atoms with Crippen LogP contribution in [0.2, 0.25) is 0 Å². The number of benzene rings is 1. The standard InChI is InChI=1S/C21H28N4O2/c1-17-22-13-18(14-23-17)15-24-8-7-21(26,19-5-3-2-4-6-19)20(16-24)25-9-11-27-12-10-25/h2-6,13-14,20,26H,7-12,15-16H2,1H3/t20-,21+/m1/s1. The van der Waals surface area contributed by atoms with Crippen LogP contribution in [0, 0.1) is 6.92 Å². The van der Waals surface area contributed by atoms with Gasteiger partial charge in [0.1, 0.15) is 11.4 Å². The fraction of sp³-hybridized carbons (Fsp3) is 0.524. The SMILES string of the molecule is Cc1ncc(CN2CC[C@](O)(c3ccccc3)[C@H](N3CCOCC3)C2)cn1. The van der Waals surface area contributed by atoms with Gasteiger partial charge in [-0.25, -0.2) is 9.97 Å². The maximum atomic E-state index is 11.7. The summed E-state index contributed by atoms with van der Waals surface area (Å²) >= 11 is 0. The van der Waals surface area contributed by atoms with Gasteiger partial charge in [0.25, 0.3) is 0 Å². The lowest BCUT2D eigenvalue weighted by Gasteiger charge is -2.50. The Morgan fingerprint density at radius 2 is 1.81 bits per heavy atom. The number of likely N-dealkylation sites (tertiary alicyclic amines) is 1. The van der Waals surface area contributed by atoms with E-state index in [2.05, 4.69) is 31.9 Å². The Kier molecular flexibility index (Phi) is 5.50. The molecule has 6 nitrogen and oxygen atoms in total. The lowest BCUT2D eigenvalue weighted by Crippen LogP contribution is -2.62. The minimum absolute atomic E-state index is 0.0453. The van der Waals surface area contributed by atoms with Gasteiger partial charge in [-0.2, -0.15) is 0 Å². The molecule has 0 spiro atoms. The van der Waals surface area contributed by atoms with E-state index in [0.29, 0.717) is 6.42 Å². The second-order valence-corrected chi connectivity index (χ2v) is 7.58. The third-order valence-corrected chi connectivity index (χ3v) is 5.79. The number of rotatable bonds is 4. The van der Waals surface area contributed by atoms with Crippen molar-refractivity contribution in [3.05, 3.63) is 59.7 Å². The van der Waals surface area contributed by atoms with Crippen molar-refractivity contribution in [2.45, 2.75) is 31.5 Å². The van der Waals surface area contributed by atoms with Gasteiger partial charge in [0.2, 0.25) is 0 Å². The molecule has 3 heterocycles. The second kappa shape index (κ2) is 8.02. The number of aliphatic hydroxyl groups is 1. The highest BCUT2D eigenvalue weighted by Crippen LogP contribution is 2.36. The average molecular weight is 368 g/mol. The topological polar surface area (TPSA) is 61.7 Å². The van der Waals surface area contributed by atoms with Crippen molar-refractivity contribution in [2.24, 2.45) is 0 Å². The van der Waals surface area contributed by atoms with E-state index >= 15 is 0 Å². The second-order valence-electron chi connectivity index (χ2n) is 7.58. The molecular weight excluding hydrogens is 340 g/mol. The highest BCUT2D eigenvalue weighted by molar-refractivity contribution is 5.26. The maximum absolute atomic E-state index is 11.7. The summed E-state index contributed by atoms with van der Waals surface area (Å²) in [5.41, 5.74) is 1.30. The van der Waals surface area contributed by atoms with Crippen LogP contribution >= 0.6 is 0 Å². The highest BCUT2D eigenvalue weighted by Gasteiger charge is 2.45. The van der Waals surface area contributed by atoms with Crippen molar-refractivity contribution in [2.75, 3.05) is 39.4 Å². The molecule has 2 aromatic rings. The van der Waals surface area contributed by atoms with Crippen molar-refractivity contribution in [1.82, 2.24) is 19.8 Å². The lowest BCUT2D eigenvalue weighted by molar-refractivity contribution is -0.119. The molecule has 0 aliphatic carbocycles. The predicted molar refractivity (Wildman–Crippen MR) is 103 cm³/mol. The Morgan fingerprint density at radius 1 is 1.11 bits per heavy atom. The average Bonchev–Trinajstić information content (AvgIpc) is 2.72. The van der Waals surface area contributed by atoms with Gasteiger partial charge in [-0.1, -0.05) is 30.3 Å². The minimum atomic E-state index is -0.834. The largest absolute Gasteiger partial charge is 0.383 e. The molecule has 2 saturated heterocycles. The molecule has 2 atom stereocenters. The van der Waals surface area contributed by atoms with Crippen molar-refractivity contribution in [3.8, 4) is 0 Å². The van der Waals surface area contributed by atoms with E-state index in [0.717, 1.165) is 62.9 Å². The number of hydrogen-bond acceptors (Lipinski definition) is 6. The Hall–Kier alpha value is -1.86. The number of hydrogen-bond donors (Lipinski definition) is 1. The first-order chi connectivity index (χ1) is 13.1. The number of nitrogens with zero attached hydrogens (tertiary/aromatic N) is 4. The highest BCUT2D eigenvalue weighted by atomic mass is 16.5. The van der Waals surface area contributed by atoms with Crippen molar-refractivity contribution >= 4 is 0 Å². The number of ether oxygens (including phenoxy) is 1. The van der Waals surface area contributed by atoms with Gasteiger partial charge < -0.3 is 9.84 Å². The first kappa shape index (κ1) is 18.5. The fourth-order valence-corrected chi connectivity index (χ4v) is 4.25. The summed E-state index contributed by atoms with van der Waals surface area (Å²) in [7, 11) is 0. The van der Waals surface area contributed by atoms with Crippen molar-refractivity contribution in [3.63, 3.8) is 0 Å². The monoisotopic (exact) mass is 368 g/mol. The Bertz CT molecular complexity index is 734. The Labute approximate surface area is 160 Å². The summed E-state index contributed by atoms with van der Waals surface area (Å²) in [6, 6.07) is 10.2. The molecule has 0 radical (unpaired) electrons. The summed E-state index contributed by atoms with van der Waals surface area (Å²) in [6.45, 7) is 7.56. The fourth-order valence-electron chi connectivity index (χ4n) is 4.25. The number of morpholine rings is 1. The van der Waals surface area contributed by atoms with Gasteiger partial charge in [0, 0.05) is 50.7 Å². The molecule has 1 N–H and O–H groups in total. The van der Waals surface area contributed by atoms with E-state index in [1.807, 2.05) is 37.5 Å².